The van der Waals surface area contributed by atoms with Crippen LogP contribution in [-0.4, -0.2) is 27.1 Å². The molecule has 0 saturated heterocycles. The molecule has 0 fully saturated rings. The van der Waals surface area contributed by atoms with Crippen molar-refractivity contribution >= 4 is 28.8 Å². The maximum Gasteiger partial charge on any atom is 0.340 e. The highest BCUT2D eigenvalue weighted by molar-refractivity contribution is 6.06. The van der Waals surface area contributed by atoms with Gasteiger partial charge in [0.05, 0.1) is 10.9 Å². The molecule has 0 radical (unpaired) electrons. The van der Waals surface area contributed by atoms with Crippen molar-refractivity contribution in [3.63, 3.8) is 0 Å². The summed E-state index contributed by atoms with van der Waals surface area (Å²) in [5, 5.41) is 27.8. The van der Waals surface area contributed by atoms with Crippen molar-refractivity contribution in [3.05, 3.63) is 39.8 Å². The van der Waals surface area contributed by atoms with E-state index in [1.54, 1.807) is 0 Å². The number of ketones is 1. The van der Waals surface area contributed by atoms with Crippen molar-refractivity contribution in [3.8, 4) is 11.5 Å². The largest absolute Gasteiger partial charge is 0.504 e. The van der Waals surface area contributed by atoms with E-state index < -0.39 is 28.5 Å². The molecule has 0 spiro atoms. The molecule has 1 aromatic heterocycles. The highest BCUT2D eigenvalue weighted by Gasteiger charge is 2.22. The summed E-state index contributed by atoms with van der Waals surface area (Å²) in [7, 11) is 0. The zero-order valence-corrected chi connectivity index (χ0v) is 10.8. The van der Waals surface area contributed by atoms with Crippen molar-refractivity contribution in [2.75, 3.05) is 0 Å². The Bertz CT molecular complexity index is 843. The quantitative estimate of drug-likeness (QED) is 0.577. The van der Waals surface area contributed by atoms with Gasteiger partial charge in [-0.25, -0.2) is 4.79 Å². The van der Waals surface area contributed by atoms with Crippen LogP contribution in [0.2, 0.25) is 0 Å². The summed E-state index contributed by atoms with van der Waals surface area (Å²) < 4.78 is 5.09. The fraction of sp³-hybridized carbons (Fsp3) is 0.0714. The van der Waals surface area contributed by atoms with E-state index in [0.717, 1.165) is 18.4 Å². The summed E-state index contributed by atoms with van der Waals surface area (Å²) in [6, 6.07) is 0.941. The fourth-order valence-electron chi connectivity index (χ4n) is 1.81. The molecule has 2 aromatic rings. The third-order valence-corrected chi connectivity index (χ3v) is 2.76. The van der Waals surface area contributed by atoms with Gasteiger partial charge >= 0.3 is 5.97 Å². The van der Waals surface area contributed by atoms with Crippen molar-refractivity contribution in [1.29, 1.82) is 0 Å². The average Bonchev–Trinajstić information content (AvgIpc) is 2.39. The summed E-state index contributed by atoms with van der Waals surface area (Å²) in [6.45, 7) is 1.28. The van der Waals surface area contributed by atoms with Crippen LogP contribution in [0, 0.1) is 0 Å². The van der Waals surface area contributed by atoms with Crippen LogP contribution < -0.4 is 5.43 Å². The van der Waals surface area contributed by atoms with Crippen molar-refractivity contribution < 1.29 is 29.3 Å². The second-order valence-electron chi connectivity index (χ2n) is 4.26. The SMILES string of the molecule is CC(=O)C=Cc1coc2cc(O)c(O)c(C(=O)O)c2c1=O. The number of phenols is 2. The third kappa shape index (κ3) is 2.48. The van der Waals surface area contributed by atoms with Gasteiger partial charge in [-0.1, -0.05) is 0 Å². The molecule has 0 unspecified atom stereocenters. The summed E-state index contributed by atoms with van der Waals surface area (Å²) in [5.74, 6) is -3.53. The molecular weight excluding hydrogens is 280 g/mol. The van der Waals surface area contributed by atoms with Crippen LogP contribution in [0.1, 0.15) is 22.8 Å². The van der Waals surface area contributed by atoms with Crippen LogP contribution in [0.25, 0.3) is 17.0 Å². The molecule has 21 heavy (non-hydrogen) atoms. The van der Waals surface area contributed by atoms with Crippen LogP contribution >= 0.6 is 0 Å². The highest BCUT2D eigenvalue weighted by Crippen LogP contribution is 2.34. The fourth-order valence-corrected chi connectivity index (χ4v) is 1.81. The molecule has 108 valence electrons. The van der Waals surface area contributed by atoms with E-state index in [1.165, 1.54) is 13.0 Å². The van der Waals surface area contributed by atoms with Gasteiger partial charge in [0.25, 0.3) is 0 Å². The van der Waals surface area contributed by atoms with Gasteiger partial charge in [0.2, 0.25) is 5.43 Å². The number of rotatable bonds is 3. The van der Waals surface area contributed by atoms with Crippen LogP contribution in [-0.2, 0) is 4.79 Å². The molecule has 7 heteroatoms. The van der Waals surface area contributed by atoms with E-state index >= 15 is 0 Å². The second kappa shape index (κ2) is 5.12. The highest BCUT2D eigenvalue weighted by atomic mass is 16.4. The molecule has 1 aromatic carbocycles. The number of carbonyl (C=O) groups excluding carboxylic acids is 1. The van der Waals surface area contributed by atoms with Gasteiger partial charge < -0.3 is 19.7 Å². The van der Waals surface area contributed by atoms with Crippen LogP contribution in [0.4, 0.5) is 0 Å². The molecular formula is C14H10O7. The minimum Gasteiger partial charge on any atom is -0.504 e. The van der Waals surface area contributed by atoms with Crippen molar-refractivity contribution in [1.82, 2.24) is 0 Å². The maximum absolute atomic E-state index is 12.3. The van der Waals surface area contributed by atoms with E-state index in [-0.39, 0.29) is 22.3 Å². The lowest BCUT2D eigenvalue weighted by Crippen LogP contribution is -2.11. The van der Waals surface area contributed by atoms with Crippen molar-refractivity contribution in [2.45, 2.75) is 6.92 Å². The normalized spacial score (nSPS) is 11.1. The molecule has 7 nitrogen and oxygen atoms in total. The summed E-state index contributed by atoms with van der Waals surface area (Å²) in [5.41, 5.74) is -1.73. The molecule has 0 bridgehead atoms. The first-order chi connectivity index (χ1) is 9.82. The zero-order valence-electron chi connectivity index (χ0n) is 10.8. The molecule has 0 saturated carbocycles. The number of carbonyl (C=O) groups is 2. The number of hydrogen-bond donors (Lipinski definition) is 3. The van der Waals surface area contributed by atoms with E-state index in [9.17, 15) is 24.6 Å². The first-order valence-corrected chi connectivity index (χ1v) is 5.75. The molecule has 0 aliphatic rings. The van der Waals surface area contributed by atoms with E-state index in [2.05, 4.69) is 0 Å². The molecule has 0 aliphatic carbocycles. The Hall–Kier alpha value is -3.09. The molecule has 3 N–H and O–H groups in total. The lowest BCUT2D eigenvalue weighted by Gasteiger charge is -2.06. The smallest absolute Gasteiger partial charge is 0.340 e. The first-order valence-electron chi connectivity index (χ1n) is 5.75. The Morgan fingerprint density at radius 3 is 2.52 bits per heavy atom. The minimum atomic E-state index is -1.59. The monoisotopic (exact) mass is 290 g/mol. The summed E-state index contributed by atoms with van der Waals surface area (Å²) in [6.07, 6.45) is 3.34. The number of phenolic OH excluding ortho intramolecular Hbond substituents is 1. The Kier molecular flexibility index (Phi) is 3.49. The van der Waals surface area contributed by atoms with Crippen LogP contribution in [0.3, 0.4) is 0 Å². The number of carboxylic acids is 1. The molecule has 0 atom stereocenters. The number of carboxylic acid groups (broad SMARTS) is 1. The predicted molar refractivity (Wildman–Crippen MR) is 72.5 cm³/mol. The van der Waals surface area contributed by atoms with Crippen LogP contribution in [0.5, 0.6) is 11.5 Å². The van der Waals surface area contributed by atoms with Gasteiger partial charge in [-0.15, -0.1) is 0 Å². The number of aromatic hydroxyl groups is 2. The van der Waals surface area contributed by atoms with Gasteiger partial charge in [0, 0.05) is 6.07 Å². The average molecular weight is 290 g/mol. The second-order valence-corrected chi connectivity index (χ2v) is 4.26. The van der Waals surface area contributed by atoms with Crippen LogP contribution in [0.15, 0.2) is 27.6 Å². The standard InChI is InChI=1S/C14H10O7/c1-6(15)2-3-7-5-21-9-4-8(16)13(18)11(14(19)20)10(9)12(7)17/h2-5,16,18H,1H3,(H,19,20). The lowest BCUT2D eigenvalue weighted by molar-refractivity contribution is -0.112. The molecule has 0 amide bonds. The Balaban J connectivity index is 2.89. The van der Waals surface area contributed by atoms with Crippen molar-refractivity contribution in [2.24, 2.45) is 0 Å². The van der Waals surface area contributed by atoms with Gasteiger partial charge in [0.15, 0.2) is 17.3 Å². The number of allylic oxidation sites excluding steroid dienone is 1. The number of fused-ring (bicyclic) bond motifs is 1. The maximum atomic E-state index is 12.3. The summed E-state index contributed by atoms with van der Waals surface area (Å²) in [4.78, 5) is 34.3. The van der Waals surface area contributed by atoms with E-state index in [4.69, 9.17) is 9.52 Å². The Labute approximate surface area is 117 Å². The number of hydrogen-bond acceptors (Lipinski definition) is 6. The molecule has 1 heterocycles. The Morgan fingerprint density at radius 1 is 1.29 bits per heavy atom. The van der Waals surface area contributed by atoms with Gasteiger partial charge in [-0.2, -0.15) is 0 Å². The lowest BCUT2D eigenvalue weighted by atomic mass is 10.0. The molecule has 2 rings (SSSR count). The van der Waals surface area contributed by atoms with Gasteiger partial charge in [-0.3, -0.25) is 9.59 Å². The van der Waals surface area contributed by atoms with E-state index in [0.29, 0.717) is 0 Å². The Morgan fingerprint density at radius 2 is 1.95 bits per heavy atom. The first kappa shape index (κ1) is 14.3. The number of aromatic carboxylic acids is 1. The third-order valence-electron chi connectivity index (χ3n) is 2.76. The van der Waals surface area contributed by atoms with Gasteiger partial charge in [0.1, 0.15) is 17.4 Å². The zero-order chi connectivity index (χ0) is 15.7. The molecule has 0 aliphatic heterocycles. The number of benzene rings is 1. The topological polar surface area (TPSA) is 125 Å². The minimum absolute atomic E-state index is 0.0507. The summed E-state index contributed by atoms with van der Waals surface area (Å²) >= 11 is 0. The predicted octanol–water partition coefficient (Wildman–Crippen LogP) is 1.50. The van der Waals surface area contributed by atoms with E-state index in [1.807, 2.05) is 0 Å². The van der Waals surface area contributed by atoms with Gasteiger partial charge in [-0.05, 0) is 19.1 Å².